The molecule has 1 N–H and O–H groups in total. The molecule has 2 heterocycles. The third-order valence-electron chi connectivity index (χ3n) is 4.57. The number of nitrogens with one attached hydrogen (secondary N) is 1. The molecular weight excluding hydrogens is 396 g/mol. The summed E-state index contributed by atoms with van der Waals surface area (Å²) < 4.78 is 5.51. The molecule has 0 saturated heterocycles. The van der Waals surface area contributed by atoms with Gasteiger partial charge in [0.15, 0.2) is 0 Å². The summed E-state index contributed by atoms with van der Waals surface area (Å²) in [6.45, 7) is 0. The van der Waals surface area contributed by atoms with Crippen LogP contribution in [0.1, 0.15) is 5.56 Å². The first-order valence-corrected chi connectivity index (χ1v) is 8.80. The van der Waals surface area contributed by atoms with Crippen LogP contribution in [0.15, 0.2) is 53.0 Å². The monoisotopic (exact) mass is 410 g/mol. The van der Waals surface area contributed by atoms with E-state index in [0.29, 0.717) is 5.57 Å². The van der Waals surface area contributed by atoms with Gasteiger partial charge in [-0.15, -0.1) is 0 Å². The zero-order valence-electron chi connectivity index (χ0n) is 14.2. The maximum atomic E-state index is 12.7. The van der Waals surface area contributed by atoms with Crippen LogP contribution in [-0.4, -0.2) is 35.9 Å². The van der Waals surface area contributed by atoms with Gasteiger partial charge in [-0.25, -0.2) is 0 Å². The molecule has 2 aromatic carbocycles. The standard InChI is InChI=1S/C20H15BrN2O3/c1-23-19(24)16(17(21)20(23)25)15-13-5-3-4-6-14(13)22-18(15)11-7-9-12(26-2)10-8-11/h3-10,22H,1-2H3. The molecule has 0 saturated carbocycles. The van der Waals surface area contributed by atoms with Crippen LogP contribution in [0.4, 0.5) is 0 Å². The number of aromatic nitrogens is 1. The van der Waals surface area contributed by atoms with Crippen molar-refractivity contribution in [2.75, 3.05) is 14.2 Å². The smallest absolute Gasteiger partial charge is 0.268 e. The quantitative estimate of drug-likeness (QED) is 0.664. The van der Waals surface area contributed by atoms with E-state index in [0.717, 1.165) is 38.4 Å². The van der Waals surface area contributed by atoms with E-state index in [9.17, 15) is 9.59 Å². The van der Waals surface area contributed by atoms with E-state index in [-0.39, 0.29) is 16.3 Å². The molecule has 0 radical (unpaired) electrons. The molecule has 3 aromatic rings. The molecule has 0 fully saturated rings. The van der Waals surface area contributed by atoms with E-state index in [1.54, 1.807) is 7.11 Å². The van der Waals surface area contributed by atoms with Crippen molar-refractivity contribution in [3.63, 3.8) is 0 Å². The average Bonchev–Trinajstić information content (AvgIpc) is 3.13. The van der Waals surface area contributed by atoms with Crippen LogP contribution < -0.4 is 4.74 Å². The van der Waals surface area contributed by atoms with Crippen molar-refractivity contribution in [1.82, 2.24) is 9.88 Å². The van der Waals surface area contributed by atoms with Crippen molar-refractivity contribution in [3.05, 3.63) is 58.6 Å². The summed E-state index contributed by atoms with van der Waals surface area (Å²) >= 11 is 3.32. The van der Waals surface area contributed by atoms with Crippen molar-refractivity contribution < 1.29 is 14.3 Å². The Balaban J connectivity index is 2.02. The predicted molar refractivity (Wildman–Crippen MR) is 104 cm³/mol. The number of hydrogen-bond acceptors (Lipinski definition) is 3. The summed E-state index contributed by atoms with van der Waals surface area (Å²) in [6, 6.07) is 15.3. The second-order valence-corrected chi connectivity index (χ2v) is 6.80. The predicted octanol–water partition coefficient (Wildman–Crippen LogP) is 3.95. The molecule has 0 spiro atoms. The number of amides is 2. The molecule has 26 heavy (non-hydrogen) atoms. The topological polar surface area (TPSA) is 62.4 Å². The van der Waals surface area contributed by atoms with Crippen LogP contribution in [0, 0.1) is 0 Å². The van der Waals surface area contributed by atoms with Gasteiger partial charge in [-0.05, 0) is 51.8 Å². The first kappa shape index (κ1) is 16.6. The Morgan fingerprint density at radius 2 is 1.69 bits per heavy atom. The van der Waals surface area contributed by atoms with E-state index in [4.69, 9.17) is 4.74 Å². The number of carbonyl (C=O) groups is 2. The van der Waals surface area contributed by atoms with Crippen LogP contribution in [0.25, 0.3) is 27.7 Å². The maximum Gasteiger partial charge on any atom is 0.268 e. The van der Waals surface area contributed by atoms with Gasteiger partial charge in [-0.3, -0.25) is 14.5 Å². The number of imide groups is 1. The van der Waals surface area contributed by atoms with Crippen molar-refractivity contribution in [2.24, 2.45) is 0 Å². The van der Waals surface area contributed by atoms with E-state index in [1.807, 2.05) is 48.5 Å². The largest absolute Gasteiger partial charge is 0.497 e. The molecule has 4 rings (SSSR count). The van der Waals surface area contributed by atoms with Crippen LogP contribution in [0.3, 0.4) is 0 Å². The fourth-order valence-electron chi connectivity index (χ4n) is 3.20. The van der Waals surface area contributed by atoms with E-state index in [1.165, 1.54) is 7.05 Å². The van der Waals surface area contributed by atoms with Gasteiger partial charge in [-0.1, -0.05) is 18.2 Å². The minimum Gasteiger partial charge on any atom is -0.497 e. The van der Waals surface area contributed by atoms with Crippen molar-refractivity contribution >= 4 is 44.2 Å². The molecule has 6 heteroatoms. The Kier molecular flexibility index (Phi) is 3.92. The lowest BCUT2D eigenvalue weighted by Crippen LogP contribution is -2.26. The fraction of sp³-hybridized carbons (Fsp3) is 0.100. The number of halogens is 1. The Bertz CT molecular complexity index is 1080. The lowest BCUT2D eigenvalue weighted by atomic mass is 9.98. The SMILES string of the molecule is COc1ccc(-c2[nH]c3ccccc3c2C2=C(Br)C(=O)N(C)C2=O)cc1. The molecule has 0 bridgehead atoms. The van der Waals surface area contributed by atoms with E-state index in [2.05, 4.69) is 20.9 Å². The van der Waals surface area contributed by atoms with Gasteiger partial charge in [0.25, 0.3) is 11.8 Å². The molecule has 2 amide bonds. The second-order valence-electron chi connectivity index (χ2n) is 6.01. The highest BCUT2D eigenvalue weighted by atomic mass is 79.9. The Morgan fingerprint density at radius 3 is 2.31 bits per heavy atom. The van der Waals surface area contributed by atoms with Crippen LogP contribution >= 0.6 is 15.9 Å². The Hall–Kier alpha value is -2.86. The number of nitrogens with zero attached hydrogens (tertiary/aromatic N) is 1. The Morgan fingerprint density at radius 1 is 1.00 bits per heavy atom. The second kappa shape index (κ2) is 6.14. The molecule has 1 aromatic heterocycles. The number of H-pyrrole nitrogens is 1. The third kappa shape index (κ3) is 2.37. The van der Waals surface area contributed by atoms with Crippen LogP contribution in [0.2, 0.25) is 0 Å². The zero-order chi connectivity index (χ0) is 18.4. The number of rotatable bonds is 3. The number of fused-ring (bicyclic) bond motifs is 1. The summed E-state index contributed by atoms with van der Waals surface area (Å²) in [5.41, 5.74) is 3.69. The minimum atomic E-state index is -0.337. The van der Waals surface area contributed by atoms with E-state index >= 15 is 0 Å². The maximum absolute atomic E-state index is 12.7. The van der Waals surface area contributed by atoms with Gasteiger partial charge in [-0.2, -0.15) is 0 Å². The van der Waals surface area contributed by atoms with Crippen molar-refractivity contribution in [2.45, 2.75) is 0 Å². The summed E-state index contributed by atoms with van der Waals surface area (Å²) in [6.07, 6.45) is 0. The fourth-order valence-corrected chi connectivity index (χ4v) is 3.83. The number of methoxy groups -OCH3 is 1. The number of ether oxygens (including phenoxy) is 1. The normalized spacial score (nSPS) is 14.7. The third-order valence-corrected chi connectivity index (χ3v) is 5.30. The number of likely N-dealkylation sites (N-methyl/N-ethyl adjacent to an activating group) is 1. The van der Waals surface area contributed by atoms with Crippen molar-refractivity contribution in [3.8, 4) is 17.0 Å². The number of para-hydroxylation sites is 1. The summed E-state index contributed by atoms with van der Waals surface area (Å²) in [5, 5.41) is 0.890. The lowest BCUT2D eigenvalue weighted by Gasteiger charge is -2.09. The Labute approximate surface area is 158 Å². The number of hydrogen-bond donors (Lipinski definition) is 1. The zero-order valence-corrected chi connectivity index (χ0v) is 15.8. The molecule has 5 nitrogen and oxygen atoms in total. The van der Waals surface area contributed by atoms with E-state index < -0.39 is 0 Å². The highest BCUT2D eigenvalue weighted by Crippen LogP contribution is 2.41. The summed E-state index contributed by atoms with van der Waals surface area (Å²) in [7, 11) is 3.10. The number of aromatic amines is 1. The molecule has 0 atom stereocenters. The molecule has 1 aliphatic rings. The van der Waals surface area contributed by atoms with Crippen LogP contribution in [0.5, 0.6) is 5.75 Å². The number of carbonyl (C=O) groups excluding carboxylic acids is 2. The van der Waals surface area contributed by atoms with Crippen LogP contribution in [-0.2, 0) is 9.59 Å². The summed E-state index contributed by atoms with van der Waals surface area (Å²) in [4.78, 5) is 29.5. The van der Waals surface area contributed by atoms with Gasteiger partial charge < -0.3 is 9.72 Å². The molecule has 0 unspecified atom stereocenters. The van der Waals surface area contributed by atoms with Gasteiger partial charge in [0.05, 0.1) is 22.9 Å². The highest BCUT2D eigenvalue weighted by Gasteiger charge is 2.37. The first-order chi connectivity index (χ1) is 12.5. The molecular formula is C20H15BrN2O3. The van der Waals surface area contributed by atoms with Gasteiger partial charge in [0.2, 0.25) is 0 Å². The molecule has 1 aliphatic heterocycles. The molecule has 130 valence electrons. The lowest BCUT2D eigenvalue weighted by molar-refractivity contribution is -0.134. The average molecular weight is 411 g/mol. The number of benzene rings is 2. The molecule has 0 aliphatic carbocycles. The van der Waals surface area contributed by atoms with Gasteiger partial charge in [0.1, 0.15) is 5.75 Å². The van der Waals surface area contributed by atoms with Crippen molar-refractivity contribution in [1.29, 1.82) is 0 Å². The highest BCUT2D eigenvalue weighted by molar-refractivity contribution is 9.12. The van der Waals surface area contributed by atoms with Gasteiger partial charge >= 0.3 is 0 Å². The summed E-state index contributed by atoms with van der Waals surface area (Å²) in [5.74, 6) is 0.0935. The minimum absolute atomic E-state index is 0.282. The first-order valence-electron chi connectivity index (χ1n) is 8.00. The van der Waals surface area contributed by atoms with Gasteiger partial charge in [0, 0.05) is 23.5 Å².